The quantitative estimate of drug-likeness (QED) is 0.279. The van der Waals surface area contributed by atoms with Crippen LogP contribution in [0.4, 0.5) is 5.69 Å². The Morgan fingerprint density at radius 3 is 2.33 bits per heavy atom. The first-order valence-electron chi connectivity index (χ1n) is 14.3. The van der Waals surface area contributed by atoms with Gasteiger partial charge in [-0.1, -0.05) is 62.2 Å². The lowest BCUT2D eigenvalue weighted by molar-refractivity contribution is -0.276. The second-order valence-electron chi connectivity index (χ2n) is 10.9. The van der Waals surface area contributed by atoms with Crippen LogP contribution in [0.5, 0.6) is 0 Å². The van der Waals surface area contributed by atoms with Crippen molar-refractivity contribution in [1.29, 1.82) is 0 Å². The molecule has 0 aromatic heterocycles. The smallest absolute Gasteiger partial charge is 0.303 e. The number of hydrogen-bond donors (Lipinski definition) is 3. The molecule has 0 radical (unpaired) electrons. The van der Waals surface area contributed by atoms with Gasteiger partial charge in [0.25, 0.3) is 0 Å². The number of amides is 1. The maximum atomic E-state index is 12.2. The van der Waals surface area contributed by atoms with Crippen molar-refractivity contribution in [3.63, 3.8) is 0 Å². The van der Waals surface area contributed by atoms with Crippen molar-refractivity contribution >= 4 is 17.6 Å². The van der Waals surface area contributed by atoms with E-state index < -0.39 is 12.3 Å². The molecule has 1 heterocycles. The van der Waals surface area contributed by atoms with Gasteiger partial charge in [0, 0.05) is 49.1 Å². The molecule has 8 nitrogen and oxygen atoms in total. The third-order valence-corrected chi connectivity index (χ3v) is 8.00. The number of aliphatic hydroxyl groups excluding tert-OH is 1. The second kappa shape index (κ2) is 14.6. The average Bonchev–Trinajstić information content (AvgIpc) is 3.49. The van der Waals surface area contributed by atoms with Crippen LogP contribution in [0.2, 0.25) is 0 Å². The van der Waals surface area contributed by atoms with Crippen molar-refractivity contribution in [2.24, 2.45) is 5.92 Å². The molecule has 2 aromatic carbocycles. The number of aliphatic carboxylic acids is 1. The molecule has 1 aliphatic carbocycles. The number of carboxylic acids is 1. The lowest BCUT2D eigenvalue weighted by Gasteiger charge is -2.43. The summed E-state index contributed by atoms with van der Waals surface area (Å²) in [6.45, 7) is 7.77. The SMILES string of the molecule is C=CCN(C[C@@H]1O[C@H](c2ccc(NC(=O)CCCC(=O)O)cc2)O[C@H](c2ccc(CO)cc2)[C@@H]1C)C1CCCC1. The maximum absolute atomic E-state index is 12.2. The third-order valence-electron chi connectivity index (χ3n) is 8.00. The van der Waals surface area contributed by atoms with Gasteiger partial charge in [0.1, 0.15) is 0 Å². The number of ether oxygens (including phenoxy) is 2. The van der Waals surface area contributed by atoms with Gasteiger partial charge in [-0.05, 0) is 42.5 Å². The number of carbonyl (C=O) groups is 2. The molecule has 1 saturated carbocycles. The molecule has 40 heavy (non-hydrogen) atoms. The summed E-state index contributed by atoms with van der Waals surface area (Å²) in [5, 5.41) is 21.1. The zero-order valence-corrected chi connectivity index (χ0v) is 23.3. The Morgan fingerprint density at radius 2 is 1.70 bits per heavy atom. The van der Waals surface area contributed by atoms with Crippen LogP contribution in [0.3, 0.4) is 0 Å². The average molecular weight is 551 g/mol. The van der Waals surface area contributed by atoms with E-state index in [1.54, 1.807) is 0 Å². The van der Waals surface area contributed by atoms with Gasteiger partial charge in [-0.3, -0.25) is 14.5 Å². The van der Waals surface area contributed by atoms with E-state index in [-0.39, 0.29) is 43.5 Å². The molecule has 8 heteroatoms. The van der Waals surface area contributed by atoms with E-state index in [2.05, 4.69) is 23.7 Å². The molecule has 1 aliphatic heterocycles. The molecule has 3 N–H and O–H groups in total. The van der Waals surface area contributed by atoms with Crippen molar-refractivity contribution in [2.75, 3.05) is 18.4 Å². The van der Waals surface area contributed by atoms with Gasteiger partial charge in [-0.25, -0.2) is 0 Å². The van der Waals surface area contributed by atoms with Crippen LogP contribution in [-0.4, -0.2) is 52.2 Å². The van der Waals surface area contributed by atoms with Gasteiger partial charge in [0.2, 0.25) is 5.91 Å². The van der Waals surface area contributed by atoms with Crippen molar-refractivity contribution in [3.8, 4) is 0 Å². The molecule has 0 bridgehead atoms. The molecule has 1 saturated heterocycles. The van der Waals surface area contributed by atoms with Gasteiger partial charge < -0.3 is 25.0 Å². The van der Waals surface area contributed by atoms with E-state index in [4.69, 9.17) is 14.6 Å². The van der Waals surface area contributed by atoms with Crippen LogP contribution in [0, 0.1) is 5.92 Å². The number of hydrogen-bond acceptors (Lipinski definition) is 6. The largest absolute Gasteiger partial charge is 0.481 e. The number of benzene rings is 2. The van der Waals surface area contributed by atoms with E-state index >= 15 is 0 Å². The summed E-state index contributed by atoms with van der Waals surface area (Å²) < 4.78 is 13.2. The summed E-state index contributed by atoms with van der Waals surface area (Å²) in [5.74, 6) is -1.03. The minimum atomic E-state index is -0.907. The Labute approximate surface area is 237 Å². The van der Waals surface area contributed by atoms with Crippen LogP contribution in [-0.2, 0) is 25.7 Å². The predicted molar refractivity (Wildman–Crippen MR) is 154 cm³/mol. The fourth-order valence-corrected chi connectivity index (χ4v) is 5.71. The first-order chi connectivity index (χ1) is 19.4. The van der Waals surface area contributed by atoms with Gasteiger partial charge in [0.05, 0.1) is 18.8 Å². The van der Waals surface area contributed by atoms with Gasteiger partial charge >= 0.3 is 5.97 Å². The Morgan fingerprint density at radius 1 is 1.02 bits per heavy atom. The molecule has 4 rings (SSSR count). The summed E-state index contributed by atoms with van der Waals surface area (Å²) in [4.78, 5) is 25.4. The topological polar surface area (TPSA) is 108 Å². The van der Waals surface area contributed by atoms with E-state index in [0.29, 0.717) is 18.2 Å². The Bertz CT molecular complexity index is 1110. The molecule has 2 fully saturated rings. The standard InChI is InChI=1S/C32H42N2O6/c1-3-19-34(27-7-4-5-8-27)20-28-22(2)31(24-13-11-23(21-35)12-14-24)40-32(39-28)25-15-17-26(18-16-25)33-29(36)9-6-10-30(37)38/h3,11-18,22,27-28,31-32,35H,1,4-10,19-21H2,2H3,(H,33,36)(H,37,38)/t22-,28+,31+,32+/m1/s1. The van der Waals surface area contributed by atoms with Crippen LogP contribution < -0.4 is 5.32 Å². The van der Waals surface area contributed by atoms with E-state index in [1.807, 2.05) is 54.6 Å². The number of aliphatic hydroxyl groups is 1. The molecular weight excluding hydrogens is 508 g/mol. The van der Waals surface area contributed by atoms with Gasteiger partial charge in [0.15, 0.2) is 6.29 Å². The van der Waals surface area contributed by atoms with Crippen LogP contribution in [0.15, 0.2) is 61.2 Å². The lowest BCUT2D eigenvalue weighted by atomic mass is 9.89. The highest BCUT2D eigenvalue weighted by Crippen LogP contribution is 2.42. The number of carboxylic acid groups (broad SMARTS) is 1. The highest BCUT2D eigenvalue weighted by Gasteiger charge is 2.40. The maximum Gasteiger partial charge on any atom is 0.303 e. The number of nitrogens with zero attached hydrogens (tertiary/aromatic N) is 1. The Hall–Kier alpha value is -3.04. The first kappa shape index (κ1) is 29.9. The number of anilines is 1. The zero-order valence-electron chi connectivity index (χ0n) is 23.3. The van der Waals surface area contributed by atoms with E-state index in [0.717, 1.165) is 29.8 Å². The minimum Gasteiger partial charge on any atom is -0.481 e. The van der Waals surface area contributed by atoms with E-state index in [9.17, 15) is 14.7 Å². The molecule has 4 atom stereocenters. The fraction of sp³-hybridized carbons (Fsp3) is 0.500. The summed E-state index contributed by atoms with van der Waals surface area (Å²) in [6.07, 6.45) is 6.45. The highest BCUT2D eigenvalue weighted by atomic mass is 16.7. The first-order valence-corrected chi connectivity index (χ1v) is 14.3. The van der Waals surface area contributed by atoms with Crippen LogP contribution >= 0.6 is 0 Å². The van der Waals surface area contributed by atoms with Gasteiger partial charge in [-0.2, -0.15) is 0 Å². The van der Waals surface area contributed by atoms with Crippen molar-refractivity contribution in [2.45, 2.75) is 83.0 Å². The fourth-order valence-electron chi connectivity index (χ4n) is 5.71. The monoisotopic (exact) mass is 550 g/mol. The summed E-state index contributed by atoms with van der Waals surface area (Å²) in [6, 6.07) is 15.9. The number of nitrogens with one attached hydrogen (secondary N) is 1. The number of rotatable bonds is 13. The van der Waals surface area contributed by atoms with Crippen molar-refractivity contribution < 1.29 is 29.3 Å². The summed E-state index contributed by atoms with van der Waals surface area (Å²) in [7, 11) is 0. The van der Waals surface area contributed by atoms with Crippen LogP contribution in [0.1, 0.15) is 81.0 Å². The van der Waals surface area contributed by atoms with Gasteiger partial charge in [-0.15, -0.1) is 6.58 Å². The zero-order chi connectivity index (χ0) is 28.5. The molecule has 1 amide bonds. The van der Waals surface area contributed by atoms with Crippen molar-refractivity contribution in [3.05, 3.63) is 77.9 Å². The molecule has 0 unspecified atom stereocenters. The molecule has 2 aliphatic rings. The molecule has 0 spiro atoms. The van der Waals surface area contributed by atoms with E-state index in [1.165, 1.54) is 25.7 Å². The van der Waals surface area contributed by atoms with Crippen LogP contribution in [0.25, 0.3) is 0 Å². The van der Waals surface area contributed by atoms with Crippen molar-refractivity contribution in [1.82, 2.24) is 4.90 Å². The Balaban J connectivity index is 1.51. The third kappa shape index (κ3) is 8.01. The molecule has 2 aromatic rings. The minimum absolute atomic E-state index is 0.00390. The summed E-state index contributed by atoms with van der Waals surface area (Å²) >= 11 is 0. The Kier molecular flexibility index (Phi) is 10.9. The highest BCUT2D eigenvalue weighted by molar-refractivity contribution is 5.90. The molecular formula is C32H42N2O6. The molecule has 216 valence electrons. The second-order valence-corrected chi connectivity index (χ2v) is 10.9. The normalized spacial score (nSPS) is 23.3. The lowest BCUT2D eigenvalue weighted by Crippen LogP contribution is -2.47. The summed E-state index contributed by atoms with van der Waals surface area (Å²) in [5.41, 5.74) is 3.40. The number of carbonyl (C=O) groups excluding carboxylic acids is 1. The predicted octanol–water partition coefficient (Wildman–Crippen LogP) is 5.59.